The molecule has 0 N–H and O–H groups in total. The second-order valence-corrected chi connectivity index (χ2v) is 4.68. The molecule has 0 bridgehead atoms. The van der Waals surface area contributed by atoms with Gasteiger partial charge in [-0.1, -0.05) is 0 Å². The summed E-state index contributed by atoms with van der Waals surface area (Å²) in [7, 11) is 0. The summed E-state index contributed by atoms with van der Waals surface area (Å²) in [5.74, 6) is 1.20. The highest BCUT2D eigenvalue weighted by Gasteiger charge is 2.37. The lowest BCUT2D eigenvalue weighted by molar-refractivity contribution is -0.135. The van der Waals surface area contributed by atoms with E-state index in [9.17, 15) is 4.79 Å². The fraction of sp³-hybridized carbons (Fsp3) is 0.583. The summed E-state index contributed by atoms with van der Waals surface area (Å²) in [6.07, 6.45) is 5.78. The number of carbonyl (C=O) groups excluding carboxylic acids is 1. The standard InChI is InChI=1S/C12H16N4O/c17-11(15-6-1-2-7-15)10-8-16(9-10)12-13-4-3-5-14-12/h3-5,10H,1-2,6-9H2. The number of hydrogen-bond donors (Lipinski definition) is 0. The lowest BCUT2D eigenvalue weighted by atomic mass is 9.99. The van der Waals surface area contributed by atoms with Gasteiger partial charge < -0.3 is 9.80 Å². The molecule has 3 heterocycles. The van der Waals surface area contributed by atoms with Crippen LogP contribution in [-0.2, 0) is 4.79 Å². The maximum Gasteiger partial charge on any atom is 0.229 e. The third kappa shape index (κ3) is 1.97. The van der Waals surface area contributed by atoms with E-state index >= 15 is 0 Å². The fourth-order valence-electron chi connectivity index (χ4n) is 2.45. The molecule has 0 spiro atoms. The molecule has 0 atom stereocenters. The third-order valence-corrected chi connectivity index (χ3v) is 3.48. The Hall–Kier alpha value is -1.65. The molecule has 2 fully saturated rings. The van der Waals surface area contributed by atoms with Gasteiger partial charge >= 0.3 is 0 Å². The van der Waals surface area contributed by atoms with Crippen molar-refractivity contribution >= 4 is 11.9 Å². The first-order valence-corrected chi connectivity index (χ1v) is 6.15. The van der Waals surface area contributed by atoms with Gasteiger partial charge in [-0.25, -0.2) is 9.97 Å². The van der Waals surface area contributed by atoms with E-state index in [0.717, 1.165) is 45.0 Å². The highest BCUT2D eigenvalue weighted by atomic mass is 16.2. The zero-order valence-corrected chi connectivity index (χ0v) is 9.75. The molecule has 2 aliphatic rings. The summed E-state index contributed by atoms with van der Waals surface area (Å²) in [5.41, 5.74) is 0. The zero-order chi connectivity index (χ0) is 11.7. The predicted molar refractivity (Wildman–Crippen MR) is 63.5 cm³/mol. The molecular formula is C12H16N4O. The summed E-state index contributed by atoms with van der Waals surface area (Å²) in [4.78, 5) is 24.5. The van der Waals surface area contributed by atoms with Crippen molar-refractivity contribution in [1.82, 2.24) is 14.9 Å². The van der Waals surface area contributed by atoms with Gasteiger partial charge in [0, 0.05) is 38.6 Å². The Bertz CT molecular complexity index is 396. The molecule has 1 aromatic heterocycles. The van der Waals surface area contributed by atoms with Crippen molar-refractivity contribution in [2.75, 3.05) is 31.1 Å². The smallest absolute Gasteiger partial charge is 0.229 e. The van der Waals surface area contributed by atoms with Crippen molar-refractivity contribution < 1.29 is 4.79 Å². The van der Waals surface area contributed by atoms with Gasteiger partial charge in [0.1, 0.15) is 0 Å². The minimum absolute atomic E-state index is 0.150. The van der Waals surface area contributed by atoms with Crippen molar-refractivity contribution in [2.45, 2.75) is 12.8 Å². The largest absolute Gasteiger partial charge is 0.342 e. The average Bonchev–Trinajstić information content (AvgIpc) is 2.81. The van der Waals surface area contributed by atoms with Gasteiger partial charge in [-0.2, -0.15) is 0 Å². The molecule has 5 heteroatoms. The van der Waals surface area contributed by atoms with Crippen molar-refractivity contribution in [3.63, 3.8) is 0 Å². The predicted octanol–water partition coefficient (Wildman–Crippen LogP) is 0.535. The molecule has 0 aromatic carbocycles. The third-order valence-electron chi connectivity index (χ3n) is 3.48. The number of amides is 1. The number of anilines is 1. The number of likely N-dealkylation sites (tertiary alicyclic amines) is 1. The summed E-state index contributed by atoms with van der Waals surface area (Å²) in [6, 6.07) is 1.80. The first-order chi connectivity index (χ1) is 8.34. The first-order valence-electron chi connectivity index (χ1n) is 6.15. The Labute approximate surface area is 100 Å². The molecule has 0 unspecified atom stereocenters. The normalized spacial score (nSPS) is 20.5. The van der Waals surface area contributed by atoms with Crippen LogP contribution in [0.4, 0.5) is 5.95 Å². The maximum atomic E-state index is 12.1. The van der Waals surface area contributed by atoms with Crippen LogP contribution < -0.4 is 4.90 Å². The van der Waals surface area contributed by atoms with Crippen LogP contribution in [0.5, 0.6) is 0 Å². The van der Waals surface area contributed by atoms with Crippen LogP contribution in [0.1, 0.15) is 12.8 Å². The van der Waals surface area contributed by atoms with Crippen LogP contribution in [0.25, 0.3) is 0 Å². The summed E-state index contributed by atoms with van der Waals surface area (Å²) < 4.78 is 0. The molecular weight excluding hydrogens is 216 g/mol. The molecule has 2 aliphatic heterocycles. The van der Waals surface area contributed by atoms with Crippen LogP contribution >= 0.6 is 0 Å². The zero-order valence-electron chi connectivity index (χ0n) is 9.75. The summed E-state index contributed by atoms with van der Waals surface area (Å²) in [5, 5.41) is 0. The average molecular weight is 232 g/mol. The molecule has 0 aliphatic carbocycles. The second kappa shape index (κ2) is 4.31. The SMILES string of the molecule is O=C(C1CN(c2ncccn2)C1)N1CCCC1. The van der Waals surface area contributed by atoms with Gasteiger partial charge in [-0.3, -0.25) is 4.79 Å². The van der Waals surface area contributed by atoms with E-state index < -0.39 is 0 Å². The van der Waals surface area contributed by atoms with E-state index in [0.29, 0.717) is 5.91 Å². The van der Waals surface area contributed by atoms with Gasteiger partial charge in [-0.05, 0) is 18.9 Å². The quantitative estimate of drug-likeness (QED) is 0.746. The first kappa shape index (κ1) is 10.5. The Kier molecular flexibility index (Phi) is 2.66. The van der Waals surface area contributed by atoms with Gasteiger partial charge in [0.25, 0.3) is 0 Å². The lowest BCUT2D eigenvalue weighted by Gasteiger charge is -2.39. The number of carbonyl (C=O) groups is 1. The Morgan fingerprint density at radius 1 is 1.18 bits per heavy atom. The molecule has 1 aromatic rings. The molecule has 1 amide bonds. The Balaban J connectivity index is 1.56. The van der Waals surface area contributed by atoms with Crippen LogP contribution in [0.3, 0.4) is 0 Å². The van der Waals surface area contributed by atoms with Gasteiger partial charge in [0.2, 0.25) is 11.9 Å². The number of nitrogens with zero attached hydrogens (tertiary/aromatic N) is 4. The highest BCUT2D eigenvalue weighted by molar-refractivity contribution is 5.82. The van der Waals surface area contributed by atoms with Crippen molar-refractivity contribution in [3.8, 4) is 0 Å². The van der Waals surface area contributed by atoms with E-state index in [1.54, 1.807) is 18.5 Å². The summed E-state index contributed by atoms with van der Waals surface area (Å²) >= 11 is 0. The van der Waals surface area contributed by atoms with Gasteiger partial charge in [0.05, 0.1) is 5.92 Å². The van der Waals surface area contributed by atoms with Crippen LogP contribution in [0.15, 0.2) is 18.5 Å². The molecule has 2 saturated heterocycles. The van der Waals surface area contributed by atoms with Gasteiger partial charge in [0.15, 0.2) is 0 Å². The van der Waals surface area contributed by atoms with Crippen molar-refractivity contribution in [1.29, 1.82) is 0 Å². The second-order valence-electron chi connectivity index (χ2n) is 4.68. The van der Waals surface area contributed by atoms with E-state index in [4.69, 9.17) is 0 Å². The number of hydrogen-bond acceptors (Lipinski definition) is 4. The molecule has 0 saturated carbocycles. The van der Waals surface area contributed by atoms with E-state index in [1.165, 1.54) is 0 Å². The maximum absolute atomic E-state index is 12.1. The summed E-state index contributed by atoms with van der Waals surface area (Å²) in [6.45, 7) is 3.41. The Morgan fingerprint density at radius 2 is 1.82 bits per heavy atom. The molecule has 0 radical (unpaired) electrons. The van der Waals surface area contributed by atoms with Gasteiger partial charge in [-0.15, -0.1) is 0 Å². The Morgan fingerprint density at radius 3 is 2.47 bits per heavy atom. The van der Waals surface area contributed by atoms with Crippen LogP contribution in [0.2, 0.25) is 0 Å². The number of rotatable bonds is 2. The minimum atomic E-state index is 0.150. The highest BCUT2D eigenvalue weighted by Crippen LogP contribution is 2.23. The topological polar surface area (TPSA) is 49.3 Å². The van der Waals surface area contributed by atoms with Crippen LogP contribution in [-0.4, -0.2) is 47.0 Å². The van der Waals surface area contributed by atoms with Crippen molar-refractivity contribution in [2.24, 2.45) is 5.92 Å². The monoisotopic (exact) mass is 232 g/mol. The van der Waals surface area contributed by atoms with E-state index in [-0.39, 0.29) is 5.92 Å². The van der Waals surface area contributed by atoms with Crippen molar-refractivity contribution in [3.05, 3.63) is 18.5 Å². The molecule has 5 nitrogen and oxygen atoms in total. The molecule has 3 rings (SSSR count). The van der Waals surface area contributed by atoms with Crippen LogP contribution in [0, 0.1) is 5.92 Å². The fourth-order valence-corrected chi connectivity index (χ4v) is 2.45. The molecule has 17 heavy (non-hydrogen) atoms. The van der Waals surface area contributed by atoms with E-state index in [2.05, 4.69) is 14.9 Å². The number of aromatic nitrogens is 2. The molecule has 90 valence electrons. The lowest BCUT2D eigenvalue weighted by Crippen LogP contribution is -2.54. The minimum Gasteiger partial charge on any atom is -0.342 e. The van der Waals surface area contributed by atoms with E-state index in [1.807, 2.05) is 4.90 Å².